The van der Waals surface area contributed by atoms with E-state index in [9.17, 15) is 9.59 Å². The lowest BCUT2D eigenvalue weighted by molar-refractivity contribution is -0.123. The van der Waals surface area contributed by atoms with E-state index in [4.69, 9.17) is 4.74 Å². The van der Waals surface area contributed by atoms with Crippen LogP contribution in [0.1, 0.15) is 32.8 Å². The Morgan fingerprint density at radius 3 is 2.40 bits per heavy atom. The first-order valence-electron chi connectivity index (χ1n) is 6.80. The van der Waals surface area contributed by atoms with Gasteiger partial charge in [0.15, 0.2) is 0 Å². The molecule has 0 bridgehead atoms. The smallest absolute Gasteiger partial charge is 0.408 e. The lowest BCUT2D eigenvalue weighted by Gasteiger charge is -2.17. The Morgan fingerprint density at radius 1 is 1.15 bits per heavy atom. The molecule has 0 aliphatic rings. The zero-order valence-electron chi connectivity index (χ0n) is 12.2. The lowest BCUT2D eigenvalue weighted by Crippen LogP contribution is -2.47. The van der Waals surface area contributed by atoms with E-state index in [2.05, 4.69) is 10.6 Å². The van der Waals surface area contributed by atoms with Crippen LogP contribution >= 0.6 is 0 Å². The predicted molar refractivity (Wildman–Crippen MR) is 77.1 cm³/mol. The molecule has 1 rings (SSSR count). The molecule has 0 saturated carbocycles. The maximum Gasteiger partial charge on any atom is 0.408 e. The summed E-state index contributed by atoms with van der Waals surface area (Å²) in [4.78, 5) is 23.3. The van der Waals surface area contributed by atoms with E-state index in [1.165, 1.54) is 0 Å². The molecule has 0 saturated heterocycles. The van der Waals surface area contributed by atoms with Gasteiger partial charge in [-0.25, -0.2) is 4.79 Å². The van der Waals surface area contributed by atoms with Crippen LogP contribution in [-0.4, -0.2) is 24.1 Å². The number of alkyl carbamates (subject to hydrolysis) is 1. The minimum atomic E-state index is -0.618. The molecule has 5 heteroatoms. The summed E-state index contributed by atoms with van der Waals surface area (Å²) in [5.74, 6) is -0.212. The monoisotopic (exact) mass is 278 g/mol. The third-order valence-corrected chi connectivity index (χ3v) is 2.94. The van der Waals surface area contributed by atoms with E-state index in [1.54, 1.807) is 6.92 Å². The normalized spacial score (nSPS) is 13.2. The third-order valence-electron chi connectivity index (χ3n) is 2.94. The minimum absolute atomic E-state index is 0.0899. The number of ether oxygens (including phenoxy) is 1. The van der Waals surface area contributed by atoms with Crippen molar-refractivity contribution in [2.75, 3.05) is 0 Å². The number of hydrogen-bond donors (Lipinski definition) is 2. The van der Waals surface area contributed by atoms with Crippen LogP contribution in [0.25, 0.3) is 0 Å². The number of carbonyl (C=O) groups excluding carboxylic acids is 2. The van der Waals surface area contributed by atoms with E-state index in [0.29, 0.717) is 0 Å². The summed E-state index contributed by atoms with van der Waals surface area (Å²) in [6.07, 6.45) is 0.248. The summed E-state index contributed by atoms with van der Waals surface area (Å²) in [5.41, 5.74) is 0.902. The van der Waals surface area contributed by atoms with Gasteiger partial charge in [0.05, 0.1) is 0 Å². The van der Waals surface area contributed by atoms with Gasteiger partial charge >= 0.3 is 6.09 Å². The first kappa shape index (κ1) is 16.0. The molecule has 0 unspecified atom stereocenters. The third kappa shape index (κ3) is 5.73. The van der Waals surface area contributed by atoms with Crippen LogP contribution in [0.4, 0.5) is 4.79 Å². The Labute approximate surface area is 119 Å². The number of hydrogen-bond acceptors (Lipinski definition) is 3. The summed E-state index contributed by atoms with van der Waals surface area (Å²) < 4.78 is 5.05. The van der Waals surface area contributed by atoms with Crippen molar-refractivity contribution in [3.05, 3.63) is 35.9 Å². The molecule has 1 aromatic rings. The van der Waals surface area contributed by atoms with Crippen LogP contribution in [0.3, 0.4) is 0 Å². The lowest BCUT2D eigenvalue weighted by atomic mass is 10.2. The van der Waals surface area contributed by atoms with E-state index < -0.39 is 12.1 Å². The summed E-state index contributed by atoms with van der Waals surface area (Å²) >= 11 is 0. The number of carbonyl (C=O) groups is 2. The first-order valence-corrected chi connectivity index (χ1v) is 6.80. The number of benzene rings is 1. The molecule has 1 aromatic carbocycles. The fourth-order valence-electron chi connectivity index (χ4n) is 1.48. The second-order valence-electron chi connectivity index (χ2n) is 4.75. The average Bonchev–Trinajstić information content (AvgIpc) is 2.45. The summed E-state index contributed by atoms with van der Waals surface area (Å²) in [5, 5.41) is 5.31. The summed E-state index contributed by atoms with van der Waals surface area (Å²) in [6.45, 7) is 5.71. The fourth-order valence-corrected chi connectivity index (χ4v) is 1.48. The van der Waals surface area contributed by atoms with Crippen LogP contribution < -0.4 is 10.6 Å². The summed E-state index contributed by atoms with van der Waals surface area (Å²) in [6, 6.07) is 8.85. The van der Waals surface area contributed by atoms with Crippen molar-refractivity contribution >= 4 is 12.0 Å². The second-order valence-corrected chi connectivity index (χ2v) is 4.75. The van der Waals surface area contributed by atoms with Gasteiger partial charge in [-0.3, -0.25) is 4.79 Å². The van der Waals surface area contributed by atoms with Gasteiger partial charge in [-0.2, -0.15) is 0 Å². The first-order chi connectivity index (χ1) is 9.52. The molecule has 0 aliphatic heterocycles. The van der Waals surface area contributed by atoms with Crippen LogP contribution in [0.15, 0.2) is 30.3 Å². The molecule has 2 atom stereocenters. The molecule has 110 valence electrons. The van der Waals surface area contributed by atoms with Gasteiger partial charge in [0, 0.05) is 6.04 Å². The van der Waals surface area contributed by atoms with Crippen molar-refractivity contribution in [1.29, 1.82) is 0 Å². The van der Waals surface area contributed by atoms with Gasteiger partial charge in [-0.05, 0) is 25.8 Å². The molecular formula is C15H22N2O3. The fraction of sp³-hybridized carbons (Fsp3) is 0.467. The number of amides is 2. The molecule has 0 aliphatic carbocycles. The van der Waals surface area contributed by atoms with E-state index in [1.807, 2.05) is 44.2 Å². The van der Waals surface area contributed by atoms with Crippen molar-refractivity contribution in [2.24, 2.45) is 0 Å². The predicted octanol–water partition coefficient (Wildman–Crippen LogP) is 2.22. The van der Waals surface area contributed by atoms with Crippen molar-refractivity contribution in [3.63, 3.8) is 0 Å². The van der Waals surface area contributed by atoms with Crippen molar-refractivity contribution in [1.82, 2.24) is 10.6 Å². The molecule has 20 heavy (non-hydrogen) atoms. The number of rotatable bonds is 6. The number of nitrogens with one attached hydrogen (secondary N) is 2. The van der Waals surface area contributed by atoms with Crippen molar-refractivity contribution in [3.8, 4) is 0 Å². The molecule has 0 aromatic heterocycles. The quantitative estimate of drug-likeness (QED) is 0.838. The Balaban J connectivity index is 2.32. The van der Waals surface area contributed by atoms with E-state index in [0.717, 1.165) is 12.0 Å². The van der Waals surface area contributed by atoms with Crippen LogP contribution in [0.2, 0.25) is 0 Å². The average molecular weight is 278 g/mol. The van der Waals surface area contributed by atoms with Gasteiger partial charge in [0.1, 0.15) is 12.6 Å². The highest BCUT2D eigenvalue weighted by molar-refractivity contribution is 5.85. The molecular weight excluding hydrogens is 256 g/mol. The molecule has 2 N–H and O–H groups in total. The van der Waals surface area contributed by atoms with Crippen molar-refractivity contribution in [2.45, 2.75) is 45.9 Å². The zero-order chi connectivity index (χ0) is 15.0. The molecule has 2 amide bonds. The highest BCUT2D eigenvalue weighted by atomic mass is 16.5. The molecule has 0 fully saturated rings. The van der Waals surface area contributed by atoms with E-state index >= 15 is 0 Å². The maximum absolute atomic E-state index is 11.7. The van der Waals surface area contributed by atoms with Gasteiger partial charge in [-0.15, -0.1) is 0 Å². The van der Waals surface area contributed by atoms with Gasteiger partial charge in [0.2, 0.25) is 5.91 Å². The Kier molecular flexibility index (Phi) is 6.56. The van der Waals surface area contributed by atoms with Gasteiger partial charge < -0.3 is 15.4 Å². The van der Waals surface area contributed by atoms with Crippen LogP contribution in [-0.2, 0) is 16.1 Å². The van der Waals surface area contributed by atoms with E-state index in [-0.39, 0.29) is 18.6 Å². The largest absolute Gasteiger partial charge is 0.445 e. The minimum Gasteiger partial charge on any atom is -0.445 e. The van der Waals surface area contributed by atoms with Gasteiger partial charge in [0.25, 0.3) is 0 Å². The maximum atomic E-state index is 11.7. The molecule has 0 radical (unpaired) electrons. The Hall–Kier alpha value is -2.04. The molecule has 5 nitrogen and oxygen atoms in total. The Bertz CT molecular complexity index is 434. The molecule has 0 heterocycles. The topological polar surface area (TPSA) is 67.4 Å². The second kappa shape index (κ2) is 8.19. The van der Waals surface area contributed by atoms with Crippen molar-refractivity contribution < 1.29 is 14.3 Å². The van der Waals surface area contributed by atoms with Gasteiger partial charge in [-0.1, -0.05) is 37.3 Å². The highest BCUT2D eigenvalue weighted by Gasteiger charge is 2.17. The molecule has 0 spiro atoms. The SMILES string of the molecule is CC[C@@H](C)NC(=O)[C@H](C)NC(=O)OCc1ccccc1. The van der Waals surface area contributed by atoms with Crippen LogP contribution in [0, 0.1) is 0 Å². The Morgan fingerprint density at radius 2 is 1.80 bits per heavy atom. The van der Waals surface area contributed by atoms with Crippen LogP contribution in [0.5, 0.6) is 0 Å². The summed E-state index contributed by atoms with van der Waals surface area (Å²) in [7, 11) is 0. The standard InChI is InChI=1S/C15H22N2O3/c1-4-11(2)16-14(18)12(3)17-15(19)20-10-13-8-6-5-7-9-13/h5-9,11-12H,4,10H2,1-3H3,(H,16,18)(H,17,19)/t11-,12+/m1/s1. The zero-order valence-corrected chi connectivity index (χ0v) is 12.2. The highest BCUT2D eigenvalue weighted by Crippen LogP contribution is 2.00.